The summed E-state index contributed by atoms with van der Waals surface area (Å²) in [6.07, 6.45) is 1.68. The highest BCUT2D eigenvalue weighted by molar-refractivity contribution is 5.98. The molecule has 0 aromatic rings. The number of carboxylic acids is 2. The molecule has 9 atom stereocenters. The predicted octanol–water partition coefficient (Wildman–Crippen LogP) is -3.61. The number of aliphatic carboxylic acids is 2. The van der Waals surface area contributed by atoms with Gasteiger partial charge in [-0.15, -0.1) is 0 Å². The van der Waals surface area contributed by atoms with Gasteiger partial charge >= 0.3 is 11.9 Å². The van der Waals surface area contributed by atoms with Gasteiger partial charge in [0.25, 0.3) is 0 Å². The van der Waals surface area contributed by atoms with Gasteiger partial charge < -0.3 is 80.6 Å². The van der Waals surface area contributed by atoms with E-state index < -0.39 is 126 Å². The molecule has 2 fully saturated rings. The molecule has 2 rings (SSSR count). The van der Waals surface area contributed by atoms with Crippen LogP contribution in [0.3, 0.4) is 0 Å². The van der Waals surface area contributed by atoms with Crippen LogP contribution in [0.15, 0.2) is 9.98 Å². The molecular formula is C45H79N15O12. The number of amides is 8. The van der Waals surface area contributed by atoms with E-state index in [9.17, 15) is 58.2 Å². The molecule has 2 aliphatic rings. The maximum Gasteiger partial charge on any atom is 0.325 e. The van der Waals surface area contributed by atoms with Crippen molar-refractivity contribution >= 4 is 71.1 Å². The number of rotatable bonds is 30. The molecule has 8 amide bonds. The zero-order valence-corrected chi connectivity index (χ0v) is 42.3. The highest BCUT2D eigenvalue weighted by Crippen LogP contribution is 2.26. The Balaban J connectivity index is 2.24. The Kier molecular flexibility index (Phi) is 25.7. The zero-order valence-electron chi connectivity index (χ0n) is 42.3. The molecule has 18 N–H and O–H groups in total. The van der Waals surface area contributed by atoms with Crippen LogP contribution in [0.25, 0.3) is 0 Å². The van der Waals surface area contributed by atoms with Crippen LogP contribution >= 0.6 is 0 Å². The summed E-state index contributed by atoms with van der Waals surface area (Å²) in [6, 6.07) is -10.6. The molecule has 0 aromatic carbocycles. The van der Waals surface area contributed by atoms with Gasteiger partial charge in [-0.1, -0.05) is 27.7 Å². The third-order valence-electron chi connectivity index (χ3n) is 12.0. The Hall–Kier alpha value is -6.80. The van der Waals surface area contributed by atoms with Gasteiger partial charge in [-0.3, -0.25) is 57.9 Å². The van der Waals surface area contributed by atoms with E-state index in [1.807, 2.05) is 0 Å². The first-order valence-corrected chi connectivity index (χ1v) is 24.5. The van der Waals surface area contributed by atoms with E-state index in [4.69, 9.17) is 28.7 Å². The Morgan fingerprint density at radius 3 is 1.56 bits per heavy atom. The van der Waals surface area contributed by atoms with Crippen molar-refractivity contribution < 1.29 is 58.2 Å². The van der Waals surface area contributed by atoms with Gasteiger partial charge in [-0.2, -0.15) is 0 Å². The molecular weight excluding hydrogens is 943 g/mol. The highest BCUT2D eigenvalue weighted by atomic mass is 16.4. The number of carbonyl (C=O) groups excluding carboxylic acids is 8. The molecule has 2 aliphatic heterocycles. The van der Waals surface area contributed by atoms with Gasteiger partial charge in [-0.25, -0.2) is 0 Å². The molecule has 0 aliphatic carbocycles. The van der Waals surface area contributed by atoms with Crippen LogP contribution in [0, 0.1) is 11.8 Å². The highest BCUT2D eigenvalue weighted by Gasteiger charge is 2.44. The first-order chi connectivity index (χ1) is 33.7. The van der Waals surface area contributed by atoms with Crippen molar-refractivity contribution in [3.63, 3.8) is 0 Å². The van der Waals surface area contributed by atoms with Crippen LogP contribution in [-0.2, 0) is 47.9 Å². The molecule has 2 heterocycles. The lowest BCUT2D eigenvalue weighted by molar-refractivity contribution is -0.148. The number of likely N-dealkylation sites (tertiary alicyclic amines) is 2. The summed E-state index contributed by atoms with van der Waals surface area (Å²) < 4.78 is 0. The van der Waals surface area contributed by atoms with Gasteiger partial charge in [0.05, 0.1) is 6.04 Å². The lowest BCUT2D eigenvalue weighted by atomic mass is 10.0. The van der Waals surface area contributed by atoms with Crippen molar-refractivity contribution in [3.05, 3.63) is 0 Å². The van der Waals surface area contributed by atoms with Crippen molar-refractivity contribution in [1.29, 1.82) is 0 Å². The number of carboxylic acid groups (broad SMARTS) is 2. The summed E-state index contributed by atoms with van der Waals surface area (Å²) in [4.78, 5) is 143. The van der Waals surface area contributed by atoms with Crippen LogP contribution in [-0.4, -0.2) is 172 Å². The van der Waals surface area contributed by atoms with Crippen molar-refractivity contribution in [1.82, 2.24) is 41.7 Å². The second-order valence-electron chi connectivity index (χ2n) is 19.1. The SMILES string of the molecule is CC(C)C[C@H](NC(=O)[C@H](CCC(=O)O)NC(=O)[C@H](C)NC(=O)[C@H](CC(C)C)NC(=O)[C@@H]1CCCN1C(=O)[C@@H]1CCCN1C(=O)[C@H](CCCN=C(N)N)NC(=O)[C@@H](N)CCCN=C(N)N)C(=O)N[C@@H](C)C(=O)O. The summed E-state index contributed by atoms with van der Waals surface area (Å²) >= 11 is 0. The van der Waals surface area contributed by atoms with E-state index in [-0.39, 0.29) is 88.5 Å². The number of hydrogen-bond donors (Lipinski definition) is 13. The fourth-order valence-electron chi connectivity index (χ4n) is 8.21. The summed E-state index contributed by atoms with van der Waals surface area (Å²) in [6.45, 7) is 10.5. The van der Waals surface area contributed by atoms with Crippen LogP contribution < -0.4 is 60.6 Å². The number of hydrogen-bond acceptors (Lipinski definition) is 13. The van der Waals surface area contributed by atoms with Gasteiger partial charge in [0.1, 0.15) is 48.3 Å². The fourth-order valence-corrected chi connectivity index (χ4v) is 8.21. The topological polar surface area (TPSA) is 445 Å². The molecule has 0 radical (unpaired) electrons. The van der Waals surface area contributed by atoms with Crippen LogP contribution in [0.5, 0.6) is 0 Å². The van der Waals surface area contributed by atoms with E-state index in [0.29, 0.717) is 25.7 Å². The number of carbonyl (C=O) groups is 10. The summed E-state index contributed by atoms with van der Waals surface area (Å²) in [7, 11) is 0. The predicted molar refractivity (Wildman–Crippen MR) is 264 cm³/mol. The van der Waals surface area contributed by atoms with Crippen molar-refractivity contribution in [2.45, 2.75) is 173 Å². The van der Waals surface area contributed by atoms with Gasteiger partial charge in [-0.05, 0) is 96.3 Å². The normalized spacial score (nSPS) is 18.3. The summed E-state index contributed by atoms with van der Waals surface area (Å²) in [5, 5.41) is 33.9. The number of aliphatic imine (C=N–C) groups is 2. The fraction of sp³-hybridized carbons (Fsp3) is 0.733. The quantitative estimate of drug-likeness (QED) is 0.0188. The average Bonchev–Trinajstić information content (AvgIpc) is 4.00. The summed E-state index contributed by atoms with van der Waals surface area (Å²) in [5.74, 6) is -8.78. The van der Waals surface area contributed by atoms with E-state index in [2.05, 4.69) is 41.9 Å². The van der Waals surface area contributed by atoms with Gasteiger partial charge in [0.2, 0.25) is 47.3 Å². The first kappa shape index (κ1) is 61.3. The molecule has 27 heteroatoms. The number of nitrogens with one attached hydrogen (secondary N) is 6. The van der Waals surface area contributed by atoms with Gasteiger partial charge in [0, 0.05) is 32.6 Å². The summed E-state index contributed by atoms with van der Waals surface area (Å²) in [5.41, 5.74) is 27.8. The number of nitrogens with zero attached hydrogens (tertiary/aromatic N) is 4. The molecule has 0 aromatic heterocycles. The van der Waals surface area contributed by atoms with Crippen LogP contribution in [0.2, 0.25) is 0 Å². The molecule has 0 bridgehead atoms. The average molecular weight is 1020 g/mol. The van der Waals surface area contributed by atoms with E-state index in [0.717, 1.165) is 0 Å². The van der Waals surface area contributed by atoms with Gasteiger partial charge in [0.15, 0.2) is 11.9 Å². The first-order valence-electron chi connectivity index (χ1n) is 24.5. The zero-order chi connectivity index (χ0) is 54.4. The molecule has 27 nitrogen and oxygen atoms in total. The molecule has 0 saturated carbocycles. The lowest BCUT2D eigenvalue weighted by Crippen LogP contribution is -2.59. The standard InChI is InChI=1S/C45H79N15O12/c1-23(2)21-30(39(67)54-26(6)43(71)72)57-37(65)28(15-16-34(61)62)55-35(63)25(5)53-38(66)31(22-24(3)4)58-40(68)32-13-9-19-59(32)42(70)33-14-10-20-60(33)41(69)29(12-8-18-52-45(49)50)56-36(64)27(46)11-7-17-51-44(47)48/h23-33H,7-22,46H2,1-6H3,(H,53,66)(H,54,67)(H,55,63)(H,56,64)(H,57,65)(H,58,68)(H,61,62)(H,71,72)(H4,47,48,51)(H4,49,50,52)/t25-,26-,27-,28-,29-,30-,31-,32-,33-/m0/s1. The minimum Gasteiger partial charge on any atom is -0.481 e. The van der Waals surface area contributed by atoms with Crippen molar-refractivity contribution in [2.75, 3.05) is 26.2 Å². The van der Waals surface area contributed by atoms with Crippen LogP contribution in [0.4, 0.5) is 0 Å². The molecule has 0 spiro atoms. The maximum absolute atomic E-state index is 14.3. The number of guanidine groups is 2. The van der Waals surface area contributed by atoms with E-state index in [1.54, 1.807) is 27.7 Å². The van der Waals surface area contributed by atoms with Crippen molar-refractivity contribution in [3.8, 4) is 0 Å². The smallest absolute Gasteiger partial charge is 0.325 e. The molecule has 72 heavy (non-hydrogen) atoms. The lowest BCUT2D eigenvalue weighted by Gasteiger charge is -2.33. The minimum absolute atomic E-state index is 0.0804. The second kappa shape index (κ2) is 30.2. The Morgan fingerprint density at radius 2 is 1.03 bits per heavy atom. The third-order valence-corrected chi connectivity index (χ3v) is 12.0. The molecule has 0 unspecified atom stereocenters. The second-order valence-corrected chi connectivity index (χ2v) is 19.1. The Bertz CT molecular complexity index is 1980. The van der Waals surface area contributed by atoms with Crippen LogP contribution in [0.1, 0.15) is 119 Å². The third kappa shape index (κ3) is 20.9. The van der Waals surface area contributed by atoms with E-state index in [1.165, 1.54) is 23.6 Å². The van der Waals surface area contributed by atoms with E-state index >= 15 is 0 Å². The monoisotopic (exact) mass is 1020 g/mol. The Labute approximate surface area is 419 Å². The molecule has 2 saturated heterocycles. The molecule has 406 valence electrons. The largest absolute Gasteiger partial charge is 0.481 e. The van der Waals surface area contributed by atoms with Crippen molar-refractivity contribution in [2.24, 2.45) is 50.5 Å². The Morgan fingerprint density at radius 1 is 0.556 bits per heavy atom. The number of nitrogens with two attached hydrogens (primary N) is 5. The maximum atomic E-state index is 14.3. The minimum atomic E-state index is -1.49.